The van der Waals surface area contributed by atoms with Crippen molar-refractivity contribution in [2.24, 2.45) is 0 Å². The van der Waals surface area contributed by atoms with E-state index in [-0.39, 0.29) is 12.1 Å². The van der Waals surface area contributed by atoms with Crippen molar-refractivity contribution in [3.05, 3.63) is 30.2 Å². The lowest BCUT2D eigenvalue weighted by atomic mass is 10.2. The highest BCUT2D eigenvalue weighted by molar-refractivity contribution is 9.11. The number of aromatic amines is 1. The standard InChI is InChI=1S/C10H11BrN2O3S/c1-4(14)3-13-9-6(5(2)7(11)17-9)8(15)12-10(13)16/h4,14H,3H2,1-2H3,(H,12,15,16). The van der Waals surface area contributed by atoms with Crippen molar-refractivity contribution in [2.75, 3.05) is 0 Å². The van der Waals surface area contributed by atoms with Crippen LogP contribution in [0.1, 0.15) is 12.5 Å². The van der Waals surface area contributed by atoms with Crippen molar-refractivity contribution >= 4 is 37.5 Å². The van der Waals surface area contributed by atoms with Gasteiger partial charge >= 0.3 is 5.69 Å². The average Bonchev–Trinajstić information content (AvgIpc) is 2.50. The minimum absolute atomic E-state index is 0.165. The topological polar surface area (TPSA) is 75.1 Å². The summed E-state index contributed by atoms with van der Waals surface area (Å²) in [4.78, 5) is 26.3. The summed E-state index contributed by atoms with van der Waals surface area (Å²) < 4.78 is 2.21. The SMILES string of the molecule is Cc1c(Br)sc2c1c(=O)[nH]c(=O)n2CC(C)O. The second-order valence-corrected chi connectivity index (χ2v) is 6.22. The van der Waals surface area contributed by atoms with E-state index in [4.69, 9.17) is 0 Å². The smallest absolute Gasteiger partial charge is 0.329 e. The highest BCUT2D eigenvalue weighted by atomic mass is 79.9. The zero-order valence-electron chi connectivity index (χ0n) is 9.28. The molecule has 1 atom stereocenters. The summed E-state index contributed by atoms with van der Waals surface area (Å²) in [5, 5.41) is 9.88. The maximum absolute atomic E-state index is 11.7. The fraction of sp³-hybridized carbons (Fsp3) is 0.400. The summed E-state index contributed by atoms with van der Waals surface area (Å²) in [5.74, 6) is 0. The van der Waals surface area contributed by atoms with Gasteiger partial charge in [0, 0.05) is 0 Å². The Morgan fingerprint density at radius 1 is 1.53 bits per heavy atom. The maximum Gasteiger partial charge on any atom is 0.329 e. The Morgan fingerprint density at radius 3 is 2.76 bits per heavy atom. The van der Waals surface area contributed by atoms with Gasteiger partial charge in [-0.15, -0.1) is 11.3 Å². The van der Waals surface area contributed by atoms with Gasteiger partial charge in [-0.05, 0) is 35.3 Å². The molecule has 0 aromatic carbocycles. The molecule has 17 heavy (non-hydrogen) atoms. The van der Waals surface area contributed by atoms with E-state index in [0.717, 1.165) is 9.35 Å². The van der Waals surface area contributed by atoms with Gasteiger partial charge in [0.2, 0.25) is 0 Å². The Labute approximate surface area is 109 Å². The first-order chi connectivity index (χ1) is 7.91. The number of H-pyrrole nitrogens is 1. The lowest BCUT2D eigenvalue weighted by molar-refractivity contribution is 0.173. The average molecular weight is 319 g/mol. The molecule has 7 heteroatoms. The number of rotatable bonds is 2. The van der Waals surface area contributed by atoms with E-state index in [1.807, 2.05) is 6.92 Å². The molecule has 2 rings (SSSR count). The van der Waals surface area contributed by atoms with Gasteiger partial charge in [0.05, 0.1) is 21.8 Å². The van der Waals surface area contributed by atoms with Crippen molar-refractivity contribution in [3.8, 4) is 0 Å². The number of aliphatic hydroxyl groups excluding tert-OH is 1. The van der Waals surface area contributed by atoms with Gasteiger partial charge in [0.1, 0.15) is 4.83 Å². The molecule has 2 heterocycles. The predicted octanol–water partition coefficient (Wildman–Crippen LogP) is 1.20. The number of hydrogen-bond donors (Lipinski definition) is 2. The number of halogens is 1. The molecule has 0 saturated carbocycles. The normalized spacial score (nSPS) is 13.2. The molecule has 2 N–H and O–H groups in total. The van der Waals surface area contributed by atoms with Crippen LogP contribution in [0.2, 0.25) is 0 Å². The largest absolute Gasteiger partial charge is 0.392 e. The lowest BCUT2D eigenvalue weighted by Gasteiger charge is -2.08. The number of nitrogens with one attached hydrogen (secondary N) is 1. The minimum Gasteiger partial charge on any atom is -0.392 e. The molecule has 1 unspecified atom stereocenters. The Kier molecular flexibility index (Phi) is 3.24. The van der Waals surface area contributed by atoms with Crippen LogP contribution in [-0.2, 0) is 6.54 Å². The highest BCUT2D eigenvalue weighted by Crippen LogP contribution is 2.31. The minimum atomic E-state index is -0.650. The molecule has 2 aromatic heterocycles. The van der Waals surface area contributed by atoms with Crippen LogP contribution in [0, 0.1) is 6.92 Å². The van der Waals surface area contributed by atoms with Crippen molar-refractivity contribution in [3.63, 3.8) is 0 Å². The molecule has 2 aromatic rings. The molecular weight excluding hydrogens is 308 g/mol. The Bertz CT molecular complexity index is 683. The van der Waals surface area contributed by atoms with Gasteiger partial charge in [0.25, 0.3) is 5.56 Å². The molecule has 0 saturated heterocycles. The van der Waals surface area contributed by atoms with E-state index in [1.165, 1.54) is 15.9 Å². The van der Waals surface area contributed by atoms with Crippen molar-refractivity contribution in [1.29, 1.82) is 0 Å². The second-order valence-electron chi connectivity index (χ2n) is 3.90. The number of nitrogens with zero attached hydrogens (tertiary/aromatic N) is 1. The van der Waals surface area contributed by atoms with E-state index in [1.54, 1.807) is 6.92 Å². The van der Waals surface area contributed by atoms with Gasteiger partial charge in [-0.3, -0.25) is 14.3 Å². The first-order valence-electron chi connectivity index (χ1n) is 5.01. The van der Waals surface area contributed by atoms with Gasteiger partial charge in [-0.2, -0.15) is 0 Å². The summed E-state index contributed by atoms with van der Waals surface area (Å²) in [6, 6.07) is 0. The van der Waals surface area contributed by atoms with Crippen LogP contribution in [-0.4, -0.2) is 20.8 Å². The first kappa shape index (κ1) is 12.5. The molecule has 0 amide bonds. The summed E-state index contributed by atoms with van der Waals surface area (Å²) >= 11 is 4.68. The molecule has 0 aliphatic heterocycles. The summed E-state index contributed by atoms with van der Waals surface area (Å²) in [5.41, 5.74) is -0.0611. The Balaban J connectivity index is 2.88. The van der Waals surface area contributed by atoms with E-state index in [2.05, 4.69) is 20.9 Å². The summed E-state index contributed by atoms with van der Waals surface area (Å²) in [6.45, 7) is 3.58. The molecule has 0 fully saturated rings. The van der Waals surface area contributed by atoms with Crippen LogP contribution < -0.4 is 11.2 Å². The lowest BCUT2D eigenvalue weighted by Crippen LogP contribution is -2.32. The fourth-order valence-corrected chi connectivity index (χ4v) is 3.38. The Hall–Kier alpha value is -0.920. The molecule has 0 bridgehead atoms. The number of fused-ring (bicyclic) bond motifs is 1. The molecule has 5 nitrogen and oxygen atoms in total. The summed E-state index contributed by atoms with van der Waals surface area (Å²) in [6.07, 6.45) is -0.650. The van der Waals surface area contributed by atoms with E-state index in [0.29, 0.717) is 10.2 Å². The van der Waals surface area contributed by atoms with Crippen LogP contribution in [0.5, 0.6) is 0 Å². The Morgan fingerprint density at radius 2 is 2.18 bits per heavy atom. The highest BCUT2D eigenvalue weighted by Gasteiger charge is 2.15. The van der Waals surface area contributed by atoms with Crippen LogP contribution in [0.4, 0.5) is 0 Å². The monoisotopic (exact) mass is 318 g/mol. The second kappa shape index (κ2) is 4.40. The van der Waals surface area contributed by atoms with E-state index >= 15 is 0 Å². The zero-order chi connectivity index (χ0) is 12.7. The van der Waals surface area contributed by atoms with Crippen molar-refractivity contribution in [1.82, 2.24) is 9.55 Å². The van der Waals surface area contributed by atoms with Gasteiger partial charge in [-0.1, -0.05) is 0 Å². The van der Waals surface area contributed by atoms with Crippen LogP contribution in [0.15, 0.2) is 13.4 Å². The molecule has 0 spiro atoms. The molecular formula is C10H11BrN2O3S. The number of hydrogen-bond acceptors (Lipinski definition) is 4. The fourth-order valence-electron chi connectivity index (χ4n) is 1.68. The zero-order valence-corrected chi connectivity index (χ0v) is 11.7. The van der Waals surface area contributed by atoms with E-state index in [9.17, 15) is 14.7 Å². The van der Waals surface area contributed by atoms with E-state index < -0.39 is 11.8 Å². The van der Waals surface area contributed by atoms with Gasteiger partial charge < -0.3 is 5.11 Å². The van der Waals surface area contributed by atoms with Crippen molar-refractivity contribution < 1.29 is 5.11 Å². The number of aromatic nitrogens is 2. The molecule has 0 aliphatic rings. The summed E-state index contributed by atoms with van der Waals surface area (Å²) in [7, 11) is 0. The number of thiophene rings is 1. The van der Waals surface area contributed by atoms with Crippen LogP contribution in [0.25, 0.3) is 10.2 Å². The number of aryl methyl sites for hydroxylation is 1. The predicted molar refractivity (Wildman–Crippen MR) is 70.8 cm³/mol. The third-order valence-electron chi connectivity index (χ3n) is 2.45. The third-order valence-corrected chi connectivity index (χ3v) is 4.64. The third kappa shape index (κ3) is 2.10. The number of aliphatic hydroxyl groups is 1. The molecule has 0 aliphatic carbocycles. The first-order valence-corrected chi connectivity index (χ1v) is 6.62. The van der Waals surface area contributed by atoms with Gasteiger partial charge in [0.15, 0.2) is 0 Å². The van der Waals surface area contributed by atoms with Crippen molar-refractivity contribution in [2.45, 2.75) is 26.5 Å². The quantitative estimate of drug-likeness (QED) is 0.873. The van der Waals surface area contributed by atoms with Crippen LogP contribution >= 0.6 is 27.3 Å². The van der Waals surface area contributed by atoms with Crippen LogP contribution in [0.3, 0.4) is 0 Å². The maximum atomic E-state index is 11.7. The van der Waals surface area contributed by atoms with Gasteiger partial charge in [-0.25, -0.2) is 4.79 Å². The molecule has 0 radical (unpaired) electrons. The molecule has 92 valence electrons.